The second kappa shape index (κ2) is 5.81. The highest BCUT2D eigenvalue weighted by Gasteiger charge is 2.34. The number of methoxy groups -OCH3 is 1. The third kappa shape index (κ3) is 3.30. The molecular formula is C13H18BrNO3S. The maximum absolute atomic E-state index is 11.6. The molecule has 106 valence electrons. The highest BCUT2D eigenvalue weighted by atomic mass is 79.9. The lowest BCUT2D eigenvalue weighted by atomic mass is 9.92. The van der Waals surface area contributed by atoms with Crippen molar-refractivity contribution in [1.82, 2.24) is 5.32 Å². The van der Waals surface area contributed by atoms with Gasteiger partial charge in [-0.05, 0) is 37.1 Å². The topological polar surface area (TPSA) is 55.4 Å². The lowest BCUT2D eigenvalue weighted by molar-refractivity contribution is 0.407. The minimum absolute atomic E-state index is 0.0394. The summed E-state index contributed by atoms with van der Waals surface area (Å²) in [5.74, 6) is 1.46. The molecule has 1 aliphatic heterocycles. The molecule has 1 aromatic rings. The van der Waals surface area contributed by atoms with Gasteiger partial charge >= 0.3 is 0 Å². The van der Waals surface area contributed by atoms with Gasteiger partial charge in [0.05, 0.1) is 18.6 Å². The molecule has 0 radical (unpaired) electrons. The Morgan fingerprint density at radius 2 is 2.21 bits per heavy atom. The van der Waals surface area contributed by atoms with E-state index in [1.54, 1.807) is 7.11 Å². The van der Waals surface area contributed by atoms with Gasteiger partial charge in [0.2, 0.25) is 0 Å². The summed E-state index contributed by atoms with van der Waals surface area (Å²) in [5.41, 5.74) is 1.07. The van der Waals surface area contributed by atoms with Crippen LogP contribution in [-0.4, -0.2) is 34.1 Å². The van der Waals surface area contributed by atoms with Crippen molar-refractivity contribution in [2.24, 2.45) is 5.92 Å². The summed E-state index contributed by atoms with van der Waals surface area (Å²) >= 11 is 3.54. The van der Waals surface area contributed by atoms with Gasteiger partial charge < -0.3 is 10.1 Å². The van der Waals surface area contributed by atoms with Gasteiger partial charge in [-0.3, -0.25) is 0 Å². The number of hydrogen-bond acceptors (Lipinski definition) is 4. The van der Waals surface area contributed by atoms with Crippen molar-refractivity contribution in [1.29, 1.82) is 0 Å². The number of nitrogens with one attached hydrogen (secondary N) is 1. The third-order valence-corrected chi connectivity index (χ3v) is 6.07. The minimum Gasteiger partial charge on any atom is -0.497 e. The summed E-state index contributed by atoms with van der Waals surface area (Å²) in [6, 6.07) is 5.82. The molecule has 0 bridgehead atoms. The fourth-order valence-corrected chi connectivity index (χ4v) is 5.06. The molecule has 4 nitrogen and oxygen atoms in total. The highest BCUT2D eigenvalue weighted by Crippen LogP contribution is 2.36. The molecule has 2 atom stereocenters. The molecule has 0 amide bonds. The molecule has 19 heavy (non-hydrogen) atoms. The molecule has 1 aromatic carbocycles. The zero-order chi connectivity index (χ0) is 14.0. The lowest BCUT2D eigenvalue weighted by Crippen LogP contribution is -2.26. The largest absolute Gasteiger partial charge is 0.497 e. The van der Waals surface area contributed by atoms with Crippen LogP contribution in [0.2, 0.25) is 0 Å². The molecule has 1 heterocycles. The zero-order valence-corrected chi connectivity index (χ0v) is 13.4. The van der Waals surface area contributed by atoms with E-state index in [1.165, 1.54) is 0 Å². The fraction of sp³-hybridized carbons (Fsp3) is 0.538. The molecule has 6 heteroatoms. The van der Waals surface area contributed by atoms with Crippen molar-refractivity contribution in [2.75, 3.05) is 25.7 Å². The Balaban J connectivity index is 2.27. The normalized spacial score (nSPS) is 23.2. The average Bonchev–Trinajstić information content (AvgIpc) is 2.72. The Morgan fingerprint density at radius 3 is 2.68 bits per heavy atom. The maximum atomic E-state index is 11.6. The van der Waals surface area contributed by atoms with Crippen LogP contribution in [0.3, 0.4) is 0 Å². The average molecular weight is 348 g/mol. The van der Waals surface area contributed by atoms with E-state index in [1.807, 2.05) is 25.2 Å². The van der Waals surface area contributed by atoms with Crippen molar-refractivity contribution in [3.05, 3.63) is 28.2 Å². The van der Waals surface area contributed by atoms with Gasteiger partial charge in [0.1, 0.15) is 5.75 Å². The van der Waals surface area contributed by atoms with Crippen LogP contribution in [0, 0.1) is 5.92 Å². The first-order valence-corrected chi connectivity index (χ1v) is 8.79. The van der Waals surface area contributed by atoms with Crippen molar-refractivity contribution in [3.63, 3.8) is 0 Å². The summed E-state index contributed by atoms with van der Waals surface area (Å²) in [6.45, 7) is 0. The number of hydrogen-bond donors (Lipinski definition) is 1. The van der Waals surface area contributed by atoms with Crippen LogP contribution in [0.25, 0.3) is 0 Å². The predicted molar refractivity (Wildman–Crippen MR) is 79.3 cm³/mol. The van der Waals surface area contributed by atoms with Crippen LogP contribution in [0.15, 0.2) is 22.7 Å². The van der Waals surface area contributed by atoms with Crippen molar-refractivity contribution in [3.8, 4) is 5.75 Å². The Bertz CT molecular complexity index is 559. The monoisotopic (exact) mass is 347 g/mol. The van der Waals surface area contributed by atoms with Gasteiger partial charge in [-0.15, -0.1) is 0 Å². The first-order valence-electron chi connectivity index (χ1n) is 6.18. The van der Waals surface area contributed by atoms with Crippen molar-refractivity contribution >= 4 is 25.8 Å². The van der Waals surface area contributed by atoms with Crippen LogP contribution in [0.4, 0.5) is 0 Å². The smallest absolute Gasteiger partial charge is 0.150 e. The Kier molecular flexibility index (Phi) is 4.53. The van der Waals surface area contributed by atoms with Crippen molar-refractivity contribution in [2.45, 2.75) is 12.5 Å². The molecule has 1 fully saturated rings. The fourth-order valence-electron chi connectivity index (χ4n) is 2.62. The first-order chi connectivity index (χ1) is 8.96. The SMILES string of the molecule is CNC(c1ccc(OC)cc1Br)C1CCS(=O)(=O)C1. The summed E-state index contributed by atoms with van der Waals surface area (Å²) in [6.07, 6.45) is 0.715. The van der Waals surface area contributed by atoms with E-state index >= 15 is 0 Å². The number of sulfone groups is 1. The Labute approximate surface area is 122 Å². The molecule has 0 saturated carbocycles. The van der Waals surface area contributed by atoms with Crippen LogP contribution in [0.1, 0.15) is 18.0 Å². The van der Waals surface area contributed by atoms with Crippen molar-refractivity contribution < 1.29 is 13.2 Å². The number of rotatable bonds is 4. The van der Waals surface area contributed by atoms with Crippen LogP contribution in [0.5, 0.6) is 5.75 Å². The lowest BCUT2D eigenvalue weighted by Gasteiger charge is -2.24. The summed E-state index contributed by atoms with van der Waals surface area (Å²) in [4.78, 5) is 0. The van der Waals surface area contributed by atoms with E-state index in [2.05, 4.69) is 21.2 Å². The summed E-state index contributed by atoms with van der Waals surface area (Å²) < 4.78 is 29.4. The second-order valence-corrected chi connectivity index (χ2v) is 7.90. The van der Waals surface area contributed by atoms with Gasteiger partial charge in [0.15, 0.2) is 9.84 Å². The molecule has 0 spiro atoms. The van der Waals surface area contributed by atoms with E-state index in [0.717, 1.165) is 15.8 Å². The van der Waals surface area contributed by atoms with Crippen LogP contribution in [-0.2, 0) is 9.84 Å². The Hall–Kier alpha value is -0.590. The first kappa shape index (κ1) is 14.8. The highest BCUT2D eigenvalue weighted by molar-refractivity contribution is 9.10. The molecule has 1 N–H and O–H groups in total. The third-order valence-electron chi connectivity index (χ3n) is 3.59. The van der Waals surface area contributed by atoms with Gasteiger partial charge in [0, 0.05) is 10.5 Å². The molecule has 2 rings (SSSR count). The van der Waals surface area contributed by atoms with Gasteiger partial charge in [-0.25, -0.2) is 8.42 Å². The maximum Gasteiger partial charge on any atom is 0.150 e. The van der Waals surface area contributed by atoms with Gasteiger partial charge in [0.25, 0.3) is 0 Å². The molecular weight excluding hydrogens is 330 g/mol. The van der Waals surface area contributed by atoms with E-state index in [0.29, 0.717) is 12.2 Å². The van der Waals surface area contributed by atoms with Gasteiger partial charge in [-0.1, -0.05) is 22.0 Å². The van der Waals surface area contributed by atoms with E-state index in [4.69, 9.17) is 4.74 Å². The standard InChI is InChI=1S/C13H18BrNO3S/c1-15-13(9-5-6-19(16,17)8-9)11-4-3-10(18-2)7-12(11)14/h3-4,7,9,13,15H,5-6,8H2,1-2H3. The molecule has 1 saturated heterocycles. The number of benzene rings is 1. The molecule has 0 aliphatic carbocycles. The van der Waals surface area contributed by atoms with E-state index in [-0.39, 0.29) is 17.7 Å². The van der Waals surface area contributed by atoms with E-state index in [9.17, 15) is 8.42 Å². The second-order valence-electron chi connectivity index (χ2n) is 4.82. The van der Waals surface area contributed by atoms with Crippen LogP contribution >= 0.6 is 15.9 Å². The Morgan fingerprint density at radius 1 is 1.47 bits per heavy atom. The summed E-state index contributed by atoms with van der Waals surface area (Å²) in [5, 5.41) is 3.24. The van der Waals surface area contributed by atoms with Gasteiger partial charge in [-0.2, -0.15) is 0 Å². The number of ether oxygens (including phenoxy) is 1. The van der Waals surface area contributed by atoms with Crippen LogP contribution < -0.4 is 10.1 Å². The predicted octanol–water partition coefficient (Wildman–Crippen LogP) is 2.15. The minimum atomic E-state index is -2.86. The van der Waals surface area contributed by atoms with E-state index < -0.39 is 9.84 Å². The quantitative estimate of drug-likeness (QED) is 0.906. The molecule has 2 unspecified atom stereocenters. The summed E-state index contributed by atoms with van der Waals surface area (Å²) in [7, 11) is 0.629. The molecule has 0 aromatic heterocycles. The zero-order valence-electron chi connectivity index (χ0n) is 11.0. The number of halogens is 1. The molecule has 1 aliphatic rings.